The topological polar surface area (TPSA) is 107 Å². The number of aliphatic hydroxyl groups excluding tert-OH is 3. The van der Waals surface area contributed by atoms with E-state index < -0.39 is 31.3 Å². The van der Waals surface area contributed by atoms with Crippen molar-refractivity contribution in [3.8, 4) is 0 Å². The zero-order valence-corrected chi connectivity index (χ0v) is 7.99. The molecule has 0 saturated carbocycles. The van der Waals surface area contributed by atoms with Crippen molar-refractivity contribution in [1.29, 1.82) is 0 Å². The number of nitrogens with one attached hydrogen (secondary N) is 1. The number of amides is 1. The first-order chi connectivity index (χ1) is 6.49. The van der Waals surface area contributed by atoms with Gasteiger partial charge >= 0.3 is 0 Å². The van der Waals surface area contributed by atoms with Crippen molar-refractivity contribution in [2.75, 3.05) is 19.8 Å². The van der Waals surface area contributed by atoms with E-state index in [9.17, 15) is 9.59 Å². The molecule has 0 aliphatic rings. The zero-order valence-electron chi connectivity index (χ0n) is 7.99. The van der Waals surface area contributed by atoms with Gasteiger partial charge in [0.25, 0.3) is 0 Å². The molecule has 82 valence electrons. The summed E-state index contributed by atoms with van der Waals surface area (Å²) >= 11 is 0. The van der Waals surface area contributed by atoms with Gasteiger partial charge in [-0.05, 0) is 6.92 Å². The van der Waals surface area contributed by atoms with Gasteiger partial charge < -0.3 is 20.6 Å². The molecule has 0 aliphatic heterocycles. The van der Waals surface area contributed by atoms with E-state index in [1.54, 1.807) is 0 Å². The number of Topliss-reactive ketones (excluding diaryl/α,β-unsaturated/α-hetero) is 1. The highest BCUT2D eigenvalue weighted by Crippen LogP contribution is 2.02. The highest BCUT2D eigenvalue weighted by molar-refractivity contribution is 5.97. The number of hydrogen-bond acceptors (Lipinski definition) is 5. The van der Waals surface area contributed by atoms with E-state index in [2.05, 4.69) is 5.32 Å². The zero-order chi connectivity index (χ0) is 11.2. The first-order valence-electron chi connectivity index (χ1n) is 4.12. The van der Waals surface area contributed by atoms with Crippen molar-refractivity contribution in [3.63, 3.8) is 0 Å². The van der Waals surface area contributed by atoms with Crippen LogP contribution in [0.5, 0.6) is 0 Å². The molecule has 0 aromatic carbocycles. The molecule has 0 radical (unpaired) electrons. The van der Waals surface area contributed by atoms with Crippen LogP contribution < -0.4 is 5.32 Å². The van der Waals surface area contributed by atoms with Crippen LogP contribution in [0.3, 0.4) is 0 Å². The van der Waals surface area contributed by atoms with Crippen LogP contribution >= 0.6 is 0 Å². The summed E-state index contributed by atoms with van der Waals surface area (Å²) in [6.07, 6.45) is -0.332. The molecule has 0 unspecified atom stereocenters. The van der Waals surface area contributed by atoms with E-state index in [-0.39, 0.29) is 12.2 Å². The van der Waals surface area contributed by atoms with Crippen molar-refractivity contribution in [1.82, 2.24) is 5.32 Å². The van der Waals surface area contributed by atoms with Gasteiger partial charge in [-0.15, -0.1) is 0 Å². The maximum absolute atomic E-state index is 11.1. The summed E-state index contributed by atoms with van der Waals surface area (Å²) in [5, 5.41) is 28.7. The predicted octanol–water partition coefficient (Wildman–Crippen LogP) is -2.20. The molecule has 0 atom stereocenters. The maximum atomic E-state index is 11.1. The van der Waals surface area contributed by atoms with E-state index >= 15 is 0 Å². The Balaban J connectivity index is 4.29. The predicted molar refractivity (Wildman–Crippen MR) is 47.4 cm³/mol. The average Bonchev–Trinajstić information content (AvgIpc) is 2.13. The van der Waals surface area contributed by atoms with Gasteiger partial charge in [0.05, 0.1) is 26.2 Å². The molecule has 14 heavy (non-hydrogen) atoms. The lowest BCUT2D eigenvalue weighted by Gasteiger charge is -2.28. The number of ketones is 1. The van der Waals surface area contributed by atoms with E-state index in [1.807, 2.05) is 0 Å². The number of aliphatic hydroxyl groups is 3. The van der Waals surface area contributed by atoms with Gasteiger partial charge in [0.15, 0.2) is 0 Å². The lowest BCUT2D eigenvalue weighted by molar-refractivity contribution is -0.130. The van der Waals surface area contributed by atoms with Gasteiger partial charge in [0.1, 0.15) is 11.3 Å². The Hall–Kier alpha value is -0.980. The molecule has 0 saturated heterocycles. The number of rotatable bonds is 6. The summed E-state index contributed by atoms with van der Waals surface area (Å²) in [4.78, 5) is 21.6. The maximum Gasteiger partial charge on any atom is 0.228 e. The highest BCUT2D eigenvalue weighted by Gasteiger charge is 2.29. The molecular formula is C8H15NO5. The molecule has 0 fully saturated rings. The van der Waals surface area contributed by atoms with Crippen LogP contribution in [0.15, 0.2) is 0 Å². The van der Waals surface area contributed by atoms with E-state index in [4.69, 9.17) is 15.3 Å². The molecule has 1 amide bonds. The van der Waals surface area contributed by atoms with Gasteiger partial charge in [0, 0.05) is 0 Å². The molecule has 0 spiro atoms. The van der Waals surface area contributed by atoms with Crippen LogP contribution in [-0.4, -0.2) is 52.4 Å². The molecule has 0 rings (SSSR count). The first-order valence-corrected chi connectivity index (χ1v) is 4.12. The van der Waals surface area contributed by atoms with Crippen LogP contribution in [0.1, 0.15) is 13.3 Å². The second-order valence-electron chi connectivity index (χ2n) is 3.18. The van der Waals surface area contributed by atoms with Crippen LogP contribution in [0, 0.1) is 0 Å². The molecule has 0 aromatic rings. The Labute approximate surface area is 81.5 Å². The third kappa shape index (κ3) is 3.82. The minimum absolute atomic E-state index is 0.329. The third-order valence-electron chi connectivity index (χ3n) is 1.72. The molecule has 6 nitrogen and oxygen atoms in total. The summed E-state index contributed by atoms with van der Waals surface area (Å²) in [5.41, 5.74) is -1.45. The van der Waals surface area contributed by atoms with Crippen LogP contribution in [0.2, 0.25) is 0 Å². The Morgan fingerprint density at radius 2 is 1.57 bits per heavy atom. The fraction of sp³-hybridized carbons (Fsp3) is 0.750. The van der Waals surface area contributed by atoms with Crippen LogP contribution in [0.25, 0.3) is 0 Å². The Bertz CT molecular complexity index is 204. The van der Waals surface area contributed by atoms with Crippen molar-refractivity contribution in [2.24, 2.45) is 0 Å². The fourth-order valence-corrected chi connectivity index (χ4v) is 0.835. The smallest absolute Gasteiger partial charge is 0.228 e. The van der Waals surface area contributed by atoms with Crippen molar-refractivity contribution in [3.05, 3.63) is 0 Å². The average molecular weight is 205 g/mol. The van der Waals surface area contributed by atoms with Crippen LogP contribution in [-0.2, 0) is 9.59 Å². The molecule has 0 aromatic heterocycles. The summed E-state index contributed by atoms with van der Waals surface area (Å²) < 4.78 is 0. The van der Waals surface area contributed by atoms with E-state index in [0.29, 0.717) is 0 Å². The van der Waals surface area contributed by atoms with Gasteiger partial charge in [-0.25, -0.2) is 0 Å². The van der Waals surface area contributed by atoms with Gasteiger partial charge in [-0.3, -0.25) is 9.59 Å². The Kier molecular flexibility index (Phi) is 5.29. The second kappa shape index (κ2) is 5.69. The lowest BCUT2D eigenvalue weighted by Crippen LogP contribution is -2.57. The molecule has 6 heteroatoms. The summed E-state index contributed by atoms with van der Waals surface area (Å²) in [6, 6.07) is 0. The monoisotopic (exact) mass is 205 g/mol. The van der Waals surface area contributed by atoms with Gasteiger partial charge in [-0.2, -0.15) is 0 Å². The molecule has 0 aliphatic carbocycles. The van der Waals surface area contributed by atoms with Gasteiger partial charge in [0.2, 0.25) is 5.91 Å². The largest absolute Gasteiger partial charge is 0.394 e. The summed E-state index contributed by atoms with van der Waals surface area (Å²) in [7, 11) is 0. The minimum atomic E-state index is -1.45. The summed E-state index contributed by atoms with van der Waals surface area (Å²) in [6.45, 7) is -0.533. The molecular weight excluding hydrogens is 190 g/mol. The SMILES string of the molecule is CC(=O)CC(=O)NC(CO)(CO)CO. The first kappa shape index (κ1) is 13.0. The number of carbonyl (C=O) groups is 2. The van der Waals surface area contributed by atoms with Crippen molar-refractivity contribution < 1.29 is 24.9 Å². The quantitative estimate of drug-likeness (QED) is 0.368. The molecule has 4 N–H and O–H groups in total. The lowest BCUT2D eigenvalue weighted by atomic mass is 10.0. The van der Waals surface area contributed by atoms with Crippen molar-refractivity contribution in [2.45, 2.75) is 18.9 Å². The van der Waals surface area contributed by atoms with Crippen molar-refractivity contribution >= 4 is 11.7 Å². The third-order valence-corrected chi connectivity index (χ3v) is 1.72. The summed E-state index contributed by atoms with van der Waals surface area (Å²) in [5.74, 6) is -0.958. The fourth-order valence-electron chi connectivity index (χ4n) is 0.835. The molecule has 0 bridgehead atoms. The van der Waals surface area contributed by atoms with Crippen LogP contribution in [0.4, 0.5) is 0 Å². The Morgan fingerprint density at radius 1 is 1.14 bits per heavy atom. The number of hydrogen-bond donors (Lipinski definition) is 4. The highest BCUT2D eigenvalue weighted by atomic mass is 16.3. The second-order valence-corrected chi connectivity index (χ2v) is 3.18. The van der Waals surface area contributed by atoms with Gasteiger partial charge in [-0.1, -0.05) is 0 Å². The number of carbonyl (C=O) groups excluding carboxylic acids is 2. The normalized spacial score (nSPS) is 11.1. The minimum Gasteiger partial charge on any atom is -0.394 e. The van der Waals surface area contributed by atoms with E-state index in [0.717, 1.165) is 0 Å². The standard InChI is InChI=1S/C8H15NO5/c1-6(13)2-7(14)9-8(3-10,4-11)5-12/h10-12H,2-5H2,1H3,(H,9,14). The van der Waals surface area contributed by atoms with E-state index in [1.165, 1.54) is 6.92 Å². The molecule has 0 heterocycles. The Morgan fingerprint density at radius 3 is 1.86 bits per heavy atom.